The Morgan fingerprint density at radius 2 is 0.510 bits per heavy atom. The van der Waals surface area contributed by atoms with E-state index in [2.05, 4.69) is 161 Å². The highest BCUT2D eigenvalue weighted by Crippen LogP contribution is 2.45. The highest BCUT2D eigenvalue weighted by molar-refractivity contribution is 7.47. The smallest absolute Gasteiger partial charge is 0.462 e. The third-order valence-electron chi connectivity index (χ3n) is 16.1. The molecule has 0 aliphatic carbocycles. The van der Waals surface area contributed by atoms with Gasteiger partial charge in [0.1, 0.15) is 19.3 Å². The Labute approximate surface area is 618 Å². The number of unbranched alkanes of at least 4 members (excludes halogenated alkanes) is 25. The topological polar surface area (TPSA) is 237 Å². The van der Waals surface area contributed by atoms with E-state index >= 15 is 0 Å². The van der Waals surface area contributed by atoms with Gasteiger partial charge in [0.25, 0.3) is 0 Å². The number of phosphoric acid groups is 2. The number of allylic oxidation sites excluding steroid dienone is 22. The first-order valence-electron chi connectivity index (χ1n) is 39.4. The van der Waals surface area contributed by atoms with Gasteiger partial charge in [-0.15, -0.1) is 0 Å². The summed E-state index contributed by atoms with van der Waals surface area (Å²) in [6.45, 7) is 4.47. The average Bonchev–Trinajstić information content (AvgIpc) is 0.921. The third kappa shape index (κ3) is 73.5. The molecule has 0 aliphatic rings. The van der Waals surface area contributed by atoms with Crippen LogP contribution in [0.25, 0.3) is 0 Å². The van der Waals surface area contributed by atoms with E-state index in [0.717, 1.165) is 193 Å². The summed E-state index contributed by atoms with van der Waals surface area (Å²) in [5.41, 5.74) is 0. The number of esters is 4. The van der Waals surface area contributed by atoms with Gasteiger partial charge in [0.15, 0.2) is 12.2 Å². The minimum Gasteiger partial charge on any atom is -0.462 e. The van der Waals surface area contributed by atoms with E-state index in [1.54, 1.807) is 0 Å². The predicted octanol–water partition coefficient (Wildman–Crippen LogP) is 22.9. The molecule has 0 saturated carbocycles. The largest absolute Gasteiger partial charge is 0.472 e. The number of rotatable bonds is 73. The van der Waals surface area contributed by atoms with E-state index in [9.17, 15) is 43.2 Å². The van der Waals surface area contributed by atoms with E-state index in [0.29, 0.717) is 25.7 Å². The fourth-order valence-corrected chi connectivity index (χ4v) is 11.8. The van der Waals surface area contributed by atoms with Gasteiger partial charge in [-0.25, -0.2) is 9.13 Å². The molecule has 0 aromatic heterocycles. The number of aliphatic hydroxyl groups is 1. The molecule has 0 rings (SSSR count). The lowest BCUT2D eigenvalue weighted by Crippen LogP contribution is -2.30. The number of hydrogen-bond donors (Lipinski definition) is 3. The normalized spacial score (nSPS) is 14.6. The van der Waals surface area contributed by atoms with Gasteiger partial charge >= 0.3 is 39.5 Å². The highest BCUT2D eigenvalue weighted by Gasteiger charge is 2.30. The van der Waals surface area contributed by atoms with Crippen LogP contribution in [0.2, 0.25) is 0 Å². The Bertz CT molecular complexity index is 2460. The van der Waals surface area contributed by atoms with Gasteiger partial charge in [0.2, 0.25) is 0 Å². The van der Waals surface area contributed by atoms with Gasteiger partial charge in [-0.05, 0) is 135 Å². The molecule has 0 heterocycles. The van der Waals surface area contributed by atoms with E-state index < -0.39 is 97.5 Å². The molecule has 5 unspecified atom stereocenters. The van der Waals surface area contributed by atoms with Crippen LogP contribution in [0.3, 0.4) is 0 Å². The Hall–Kier alpha value is -4.80. The molecule has 17 nitrogen and oxygen atoms in total. The number of aliphatic hydroxyl groups excluding tert-OH is 1. The Morgan fingerprint density at radius 1 is 0.284 bits per heavy atom. The number of hydrogen-bond acceptors (Lipinski definition) is 15. The molecule has 0 bridgehead atoms. The van der Waals surface area contributed by atoms with Gasteiger partial charge in [-0.3, -0.25) is 37.3 Å². The lowest BCUT2D eigenvalue weighted by atomic mass is 10.1. The minimum absolute atomic E-state index is 0.0728. The van der Waals surface area contributed by atoms with Crippen molar-refractivity contribution in [1.82, 2.24) is 0 Å². The maximum absolute atomic E-state index is 13.1. The standard InChI is InChI=1S/C83H140O17P2/c1-5-9-13-17-21-25-29-32-35-37-38-40-42-45-49-52-56-60-64-68-81(86)94-74-79(100-83(88)70-66-62-58-54-50-46-43-39-36-33-30-26-22-18-14-10-6-2)76-98-102(91,92)96-72-77(84)71-95-101(89,90)97-75-78(99-82(87)69-65-61-57-53-47-28-24-20-16-12-8-4)73-93-80(85)67-63-59-55-51-48-44-41-34-31-27-23-19-15-11-7-3/h9-11,13-15,21-23,25-27,32-36,38,40-41,45,49,77-79,84H,5-8,12,16-20,24,28-31,37,39,42-44,46-48,50-76H2,1-4H3,(H,89,90)(H,91,92)/b13-9-,14-10-,15-11-,25-21-,26-22-,27-23-,35-32-,36-33-,40-38-,41-34-,49-45-. The van der Waals surface area contributed by atoms with Crippen molar-refractivity contribution in [2.45, 2.75) is 329 Å². The first-order valence-corrected chi connectivity index (χ1v) is 42.4. The van der Waals surface area contributed by atoms with E-state index in [-0.39, 0.29) is 25.7 Å². The Kier molecular flexibility index (Phi) is 71.0. The Balaban J connectivity index is 5.39. The Morgan fingerprint density at radius 3 is 0.794 bits per heavy atom. The summed E-state index contributed by atoms with van der Waals surface area (Å²) < 4.78 is 68.5. The second-order valence-corrected chi connectivity index (χ2v) is 28.8. The van der Waals surface area contributed by atoms with Crippen molar-refractivity contribution in [2.24, 2.45) is 0 Å². The van der Waals surface area contributed by atoms with Crippen molar-refractivity contribution < 1.29 is 80.2 Å². The molecule has 5 atom stereocenters. The molecule has 0 aromatic rings. The van der Waals surface area contributed by atoms with Crippen LogP contribution in [-0.4, -0.2) is 96.7 Å². The number of carbonyl (C=O) groups excluding carboxylic acids is 4. The molecule has 0 amide bonds. The second-order valence-electron chi connectivity index (χ2n) is 25.9. The molecule has 0 radical (unpaired) electrons. The van der Waals surface area contributed by atoms with Crippen molar-refractivity contribution in [2.75, 3.05) is 39.6 Å². The van der Waals surface area contributed by atoms with Crippen LogP contribution < -0.4 is 0 Å². The summed E-state index contributed by atoms with van der Waals surface area (Å²) in [5.74, 6) is -2.24. The summed E-state index contributed by atoms with van der Waals surface area (Å²) >= 11 is 0. The zero-order valence-electron chi connectivity index (χ0n) is 63.7. The quantitative estimate of drug-likeness (QED) is 0.0169. The minimum atomic E-state index is -4.99. The summed E-state index contributed by atoms with van der Waals surface area (Å²) in [7, 11) is -9.97. The SMILES string of the molecule is CC/C=C\C/C=C\C/C=C\C/C=C\C/C=C\CCCCCC(=O)OCC(COP(=O)(O)OCC(O)COP(=O)(O)OCC(COC(=O)CCCCCCC/C=C\C/C=C\C/C=C\CC)OC(=O)CCCCCCCCCCCCC)OC(=O)CCCCCCCCC/C=C\C/C=C\C/C=C\CC. The van der Waals surface area contributed by atoms with E-state index in [1.807, 2.05) is 0 Å². The van der Waals surface area contributed by atoms with E-state index in [1.165, 1.54) is 38.5 Å². The number of ether oxygens (including phenoxy) is 4. The lowest BCUT2D eigenvalue weighted by molar-refractivity contribution is -0.161. The molecular formula is C83H140O17P2. The number of carbonyl (C=O) groups is 4. The van der Waals surface area contributed by atoms with Crippen molar-refractivity contribution in [3.63, 3.8) is 0 Å². The first-order chi connectivity index (χ1) is 49.7. The fourth-order valence-electron chi connectivity index (χ4n) is 10.2. The van der Waals surface area contributed by atoms with Gasteiger partial charge in [-0.1, -0.05) is 283 Å². The van der Waals surface area contributed by atoms with Crippen LogP contribution in [0.1, 0.15) is 310 Å². The molecule has 0 spiro atoms. The number of phosphoric ester groups is 2. The van der Waals surface area contributed by atoms with Crippen LogP contribution in [-0.2, 0) is 65.4 Å². The molecule has 0 aliphatic heterocycles. The average molecular weight is 1470 g/mol. The third-order valence-corrected chi connectivity index (χ3v) is 18.0. The first kappa shape index (κ1) is 97.2. The zero-order valence-corrected chi connectivity index (χ0v) is 65.5. The molecular weight excluding hydrogens is 1330 g/mol. The summed E-state index contributed by atoms with van der Waals surface area (Å²) in [6.07, 6.45) is 82.9. The second kappa shape index (κ2) is 74.5. The maximum Gasteiger partial charge on any atom is 0.472 e. The molecule has 0 fully saturated rings. The van der Waals surface area contributed by atoms with Crippen LogP contribution in [0.4, 0.5) is 0 Å². The van der Waals surface area contributed by atoms with Crippen LogP contribution in [0, 0.1) is 0 Å². The molecule has 102 heavy (non-hydrogen) atoms. The monoisotopic (exact) mass is 1470 g/mol. The van der Waals surface area contributed by atoms with Gasteiger partial charge in [-0.2, -0.15) is 0 Å². The van der Waals surface area contributed by atoms with Gasteiger partial charge < -0.3 is 33.8 Å². The van der Waals surface area contributed by atoms with Gasteiger partial charge in [0, 0.05) is 25.7 Å². The van der Waals surface area contributed by atoms with Crippen LogP contribution >= 0.6 is 15.6 Å². The van der Waals surface area contributed by atoms with Crippen molar-refractivity contribution in [3.8, 4) is 0 Å². The summed E-state index contributed by atoms with van der Waals surface area (Å²) in [4.78, 5) is 72.9. The van der Waals surface area contributed by atoms with Gasteiger partial charge in [0.05, 0.1) is 26.4 Å². The molecule has 584 valence electrons. The lowest BCUT2D eigenvalue weighted by Gasteiger charge is -2.21. The van der Waals surface area contributed by atoms with Crippen molar-refractivity contribution >= 4 is 39.5 Å². The van der Waals surface area contributed by atoms with Crippen molar-refractivity contribution in [1.29, 1.82) is 0 Å². The highest BCUT2D eigenvalue weighted by atomic mass is 31.2. The maximum atomic E-state index is 13.1. The molecule has 0 aromatic carbocycles. The van der Waals surface area contributed by atoms with Crippen LogP contribution in [0.5, 0.6) is 0 Å². The molecule has 19 heteroatoms. The van der Waals surface area contributed by atoms with Crippen LogP contribution in [0.15, 0.2) is 134 Å². The summed E-state index contributed by atoms with van der Waals surface area (Å²) in [6, 6.07) is 0. The molecule has 3 N–H and O–H groups in total. The molecule has 0 saturated heterocycles. The van der Waals surface area contributed by atoms with Crippen molar-refractivity contribution in [3.05, 3.63) is 134 Å². The zero-order chi connectivity index (χ0) is 74.6. The summed E-state index contributed by atoms with van der Waals surface area (Å²) in [5, 5.41) is 10.6. The fraction of sp³-hybridized carbons (Fsp3) is 0.687. The predicted molar refractivity (Wildman–Crippen MR) is 418 cm³/mol. The van der Waals surface area contributed by atoms with E-state index in [4.69, 9.17) is 37.0 Å².